The number of hydrogen-bond donors (Lipinski definition) is 1. The van der Waals surface area contributed by atoms with Gasteiger partial charge in [-0.3, -0.25) is 0 Å². The van der Waals surface area contributed by atoms with E-state index in [-0.39, 0.29) is 11.9 Å². The Morgan fingerprint density at radius 3 is 2.73 bits per heavy atom. The van der Waals surface area contributed by atoms with E-state index in [2.05, 4.69) is 0 Å². The van der Waals surface area contributed by atoms with Gasteiger partial charge in [0.1, 0.15) is 5.82 Å². The molecule has 1 heterocycles. The monoisotopic (exact) mass is 205 g/mol. The van der Waals surface area contributed by atoms with Crippen LogP contribution in [0.4, 0.5) is 4.39 Å². The molecular weight excluding hydrogens is 193 g/mol. The lowest BCUT2D eigenvalue weighted by Crippen LogP contribution is -2.06. The summed E-state index contributed by atoms with van der Waals surface area (Å²) >= 11 is 0. The van der Waals surface area contributed by atoms with Crippen molar-refractivity contribution in [1.82, 2.24) is 0 Å². The molecule has 0 spiro atoms. The number of benzene rings is 1. The SMILES string of the molecule is CC(N)c1ccc(F)cc1-c1ccoc1. The molecule has 0 amide bonds. The van der Waals surface area contributed by atoms with Crippen LogP contribution in [0.5, 0.6) is 0 Å². The Morgan fingerprint density at radius 1 is 1.33 bits per heavy atom. The molecule has 2 N–H and O–H groups in total. The highest BCUT2D eigenvalue weighted by Gasteiger charge is 2.10. The first-order valence-corrected chi connectivity index (χ1v) is 4.76. The molecular formula is C12H12FNO. The van der Waals surface area contributed by atoms with E-state index in [9.17, 15) is 4.39 Å². The Morgan fingerprint density at radius 2 is 2.13 bits per heavy atom. The molecule has 0 radical (unpaired) electrons. The molecule has 2 nitrogen and oxygen atoms in total. The Balaban J connectivity index is 2.58. The number of furan rings is 1. The van der Waals surface area contributed by atoms with Crippen molar-refractivity contribution in [1.29, 1.82) is 0 Å². The molecule has 3 heteroatoms. The van der Waals surface area contributed by atoms with Crippen LogP contribution in [-0.2, 0) is 0 Å². The van der Waals surface area contributed by atoms with Crippen LogP contribution in [-0.4, -0.2) is 0 Å². The van der Waals surface area contributed by atoms with E-state index in [1.54, 1.807) is 24.7 Å². The largest absolute Gasteiger partial charge is 0.472 e. The van der Waals surface area contributed by atoms with E-state index in [0.717, 1.165) is 16.7 Å². The van der Waals surface area contributed by atoms with Gasteiger partial charge in [0.15, 0.2) is 0 Å². The van der Waals surface area contributed by atoms with Gasteiger partial charge in [-0.25, -0.2) is 4.39 Å². The van der Waals surface area contributed by atoms with E-state index in [0.29, 0.717) is 0 Å². The third kappa shape index (κ3) is 1.92. The lowest BCUT2D eigenvalue weighted by Gasteiger charge is -2.11. The quantitative estimate of drug-likeness (QED) is 0.818. The van der Waals surface area contributed by atoms with Gasteiger partial charge in [-0.15, -0.1) is 0 Å². The van der Waals surface area contributed by atoms with Gasteiger partial charge in [0.05, 0.1) is 12.5 Å². The minimum Gasteiger partial charge on any atom is -0.472 e. The topological polar surface area (TPSA) is 39.2 Å². The molecule has 0 aliphatic rings. The molecule has 15 heavy (non-hydrogen) atoms. The first-order chi connectivity index (χ1) is 7.18. The zero-order valence-electron chi connectivity index (χ0n) is 8.41. The minimum absolute atomic E-state index is 0.129. The maximum Gasteiger partial charge on any atom is 0.123 e. The zero-order valence-corrected chi connectivity index (χ0v) is 8.41. The van der Waals surface area contributed by atoms with Crippen molar-refractivity contribution < 1.29 is 8.81 Å². The van der Waals surface area contributed by atoms with Crippen LogP contribution >= 0.6 is 0 Å². The molecule has 2 aromatic rings. The Bertz CT molecular complexity index is 449. The Kier molecular flexibility index (Phi) is 2.56. The van der Waals surface area contributed by atoms with Crippen molar-refractivity contribution in [3.05, 3.63) is 48.2 Å². The number of nitrogens with two attached hydrogens (primary N) is 1. The first-order valence-electron chi connectivity index (χ1n) is 4.76. The molecule has 0 bridgehead atoms. The fourth-order valence-electron chi connectivity index (χ4n) is 1.59. The van der Waals surface area contributed by atoms with Crippen molar-refractivity contribution in [2.45, 2.75) is 13.0 Å². The van der Waals surface area contributed by atoms with Gasteiger partial charge in [0.2, 0.25) is 0 Å². The molecule has 1 atom stereocenters. The van der Waals surface area contributed by atoms with Crippen molar-refractivity contribution >= 4 is 0 Å². The first kappa shape index (κ1) is 9.93. The van der Waals surface area contributed by atoms with E-state index in [4.69, 9.17) is 10.2 Å². The maximum atomic E-state index is 13.1. The predicted molar refractivity (Wildman–Crippen MR) is 56.7 cm³/mol. The smallest absolute Gasteiger partial charge is 0.123 e. The van der Waals surface area contributed by atoms with E-state index in [1.807, 2.05) is 6.92 Å². The summed E-state index contributed by atoms with van der Waals surface area (Å²) in [4.78, 5) is 0. The highest BCUT2D eigenvalue weighted by molar-refractivity contribution is 5.66. The Labute approximate surface area is 87.5 Å². The van der Waals surface area contributed by atoms with Gasteiger partial charge in [0.25, 0.3) is 0 Å². The molecule has 0 fully saturated rings. The highest BCUT2D eigenvalue weighted by atomic mass is 19.1. The molecule has 0 aliphatic carbocycles. The fraction of sp³-hybridized carbons (Fsp3) is 0.167. The molecule has 0 aliphatic heterocycles. The summed E-state index contributed by atoms with van der Waals surface area (Å²) in [5.74, 6) is -0.268. The van der Waals surface area contributed by atoms with Crippen LogP contribution < -0.4 is 5.73 Å². The van der Waals surface area contributed by atoms with Gasteiger partial charge >= 0.3 is 0 Å². The van der Waals surface area contributed by atoms with E-state index in [1.165, 1.54) is 12.1 Å². The third-order valence-corrected chi connectivity index (χ3v) is 2.34. The second-order valence-corrected chi connectivity index (χ2v) is 3.53. The molecule has 1 aromatic heterocycles. The summed E-state index contributed by atoms with van der Waals surface area (Å²) in [5, 5.41) is 0. The van der Waals surface area contributed by atoms with Crippen LogP contribution in [0.25, 0.3) is 11.1 Å². The average molecular weight is 205 g/mol. The van der Waals surface area contributed by atoms with Gasteiger partial charge in [-0.2, -0.15) is 0 Å². The van der Waals surface area contributed by atoms with Crippen molar-refractivity contribution in [2.75, 3.05) is 0 Å². The lowest BCUT2D eigenvalue weighted by atomic mass is 9.98. The molecule has 0 saturated carbocycles. The highest BCUT2D eigenvalue weighted by Crippen LogP contribution is 2.28. The van der Waals surface area contributed by atoms with Gasteiger partial charge in [-0.05, 0) is 36.2 Å². The van der Waals surface area contributed by atoms with Crippen molar-refractivity contribution in [3.63, 3.8) is 0 Å². The summed E-state index contributed by atoms with van der Waals surface area (Å²) in [6.45, 7) is 1.87. The average Bonchev–Trinajstić information content (AvgIpc) is 2.69. The molecule has 2 rings (SSSR count). The lowest BCUT2D eigenvalue weighted by molar-refractivity contribution is 0.568. The second-order valence-electron chi connectivity index (χ2n) is 3.53. The number of rotatable bonds is 2. The molecule has 1 aromatic carbocycles. The number of hydrogen-bond acceptors (Lipinski definition) is 2. The van der Waals surface area contributed by atoms with Crippen LogP contribution in [0.2, 0.25) is 0 Å². The zero-order chi connectivity index (χ0) is 10.8. The third-order valence-electron chi connectivity index (χ3n) is 2.34. The van der Waals surface area contributed by atoms with Crippen molar-refractivity contribution in [3.8, 4) is 11.1 Å². The molecule has 78 valence electrons. The summed E-state index contributed by atoms with van der Waals surface area (Å²) < 4.78 is 18.1. The summed E-state index contributed by atoms with van der Waals surface area (Å²) in [7, 11) is 0. The van der Waals surface area contributed by atoms with Gasteiger partial charge in [-0.1, -0.05) is 6.07 Å². The molecule has 1 unspecified atom stereocenters. The fourth-order valence-corrected chi connectivity index (χ4v) is 1.59. The standard InChI is InChI=1S/C12H12FNO/c1-8(14)11-3-2-10(13)6-12(11)9-4-5-15-7-9/h2-8H,14H2,1H3. The predicted octanol–water partition coefficient (Wildman–Crippen LogP) is 3.11. The van der Waals surface area contributed by atoms with Gasteiger partial charge in [0, 0.05) is 11.6 Å². The van der Waals surface area contributed by atoms with E-state index < -0.39 is 0 Å². The van der Waals surface area contributed by atoms with Crippen molar-refractivity contribution in [2.24, 2.45) is 5.73 Å². The summed E-state index contributed by atoms with van der Waals surface area (Å²) in [6, 6.07) is 6.27. The van der Waals surface area contributed by atoms with Crippen LogP contribution in [0.3, 0.4) is 0 Å². The number of halogens is 1. The summed E-state index contributed by atoms with van der Waals surface area (Å²) in [6.07, 6.45) is 3.14. The Hall–Kier alpha value is -1.61. The van der Waals surface area contributed by atoms with Crippen LogP contribution in [0, 0.1) is 5.82 Å². The maximum absolute atomic E-state index is 13.1. The van der Waals surface area contributed by atoms with Crippen LogP contribution in [0.1, 0.15) is 18.5 Å². The normalized spacial score (nSPS) is 12.7. The summed E-state index contributed by atoms with van der Waals surface area (Å²) in [5.41, 5.74) is 8.37. The second kappa shape index (κ2) is 3.87. The van der Waals surface area contributed by atoms with Crippen LogP contribution in [0.15, 0.2) is 41.2 Å². The minimum atomic E-state index is -0.268. The van der Waals surface area contributed by atoms with Gasteiger partial charge < -0.3 is 10.2 Å². The van der Waals surface area contributed by atoms with E-state index >= 15 is 0 Å². The molecule has 0 saturated heterocycles.